The number of nitrogens with one attached hydrogen (secondary N) is 1. The molecule has 2 aromatic rings. The predicted molar refractivity (Wildman–Crippen MR) is 101 cm³/mol. The zero-order valence-corrected chi connectivity index (χ0v) is 14.9. The Labute approximate surface area is 156 Å². The van der Waals surface area contributed by atoms with Crippen molar-refractivity contribution >= 4 is 28.7 Å². The number of fused-ring (bicyclic) bond motifs is 1. The number of piperidine rings is 1. The molecule has 1 aromatic carbocycles. The minimum atomic E-state index is -0.805. The maximum atomic E-state index is 13.3. The Morgan fingerprint density at radius 2 is 1.96 bits per heavy atom. The van der Waals surface area contributed by atoms with Crippen LogP contribution in [0.4, 0.5) is 0 Å². The molecule has 0 atom stereocenters. The Bertz CT molecular complexity index is 987. The minimum Gasteiger partial charge on any atom is -0.370 e. The maximum Gasteiger partial charge on any atom is 0.254 e. The number of para-hydroxylation sites is 1. The van der Waals surface area contributed by atoms with Crippen LogP contribution in [0.25, 0.3) is 10.9 Å². The van der Waals surface area contributed by atoms with Crippen LogP contribution in [-0.2, 0) is 4.79 Å². The number of pyridine rings is 1. The number of carbonyl (C=O) groups excluding carboxylic acids is 2. The van der Waals surface area contributed by atoms with E-state index in [2.05, 4.69) is 10.3 Å². The summed E-state index contributed by atoms with van der Waals surface area (Å²) in [6, 6.07) is 9.76. The summed E-state index contributed by atoms with van der Waals surface area (Å²) in [5, 5.41) is 3.46. The molecular formula is C20H21N5O2. The SMILES string of the molecule is NC1=NC2(CCN(C(=O)c3cc(C4CC4)nc4ccccc34)CC2)C(=O)N1. The third kappa shape index (κ3) is 2.65. The van der Waals surface area contributed by atoms with Gasteiger partial charge >= 0.3 is 0 Å². The Kier molecular flexibility index (Phi) is 3.47. The summed E-state index contributed by atoms with van der Waals surface area (Å²) in [7, 11) is 0. The molecule has 7 nitrogen and oxygen atoms in total. The first-order valence-corrected chi connectivity index (χ1v) is 9.41. The summed E-state index contributed by atoms with van der Waals surface area (Å²) in [5.74, 6) is 0.498. The van der Waals surface area contributed by atoms with Crippen LogP contribution in [0.1, 0.15) is 47.7 Å². The third-order valence-corrected chi connectivity index (χ3v) is 5.84. The van der Waals surface area contributed by atoms with Gasteiger partial charge in [-0.15, -0.1) is 0 Å². The lowest BCUT2D eigenvalue weighted by atomic mass is 9.87. The van der Waals surface area contributed by atoms with E-state index in [4.69, 9.17) is 10.7 Å². The van der Waals surface area contributed by atoms with E-state index < -0.39 is 5.54 Å². The summed E-state index contributed by atoms with van der Waals surface area (Å²) >= 11 is 0. The van der Waals surface area contributed by atoms with Crippen molar-refractivity contribution in [3.63, 3.8) is 0 Å². The Morgan fingerprint density at radius 3 is 2.63 bits per heavy atom. The predicted octanol–water partition coefficient (Wildman–Crippen LogP) is 1.53. The summed E-state index contributed by atoms with van der Waals surface area (Å²) < 4.78 is 0. The van der Waals surface area contributed by atoms with E-state index in [9.17, 15) is 9.59 Å². The van der Waals surface area contributed by atoms with Crippen molar-refractivity contribution in [2.75, 3.05) is 13.1 Å². The summed E-state index contributed by atoms with van der Waals surface area (Å²) in [5.41, 5.74) is 7.44. The third-order valence-electron chi connectivity index (χ3n) is 5.84. The standard InChI is InChI=1S/C20H21N5O2/c21-19-23-18(27)20(24-19)7-9-25(10-8-20)17(26)14-11-16(12-5-6-12)22-15-4-2-1-3-13(14)15/h1-4,11-12H,5-10H2,(H3,21,23,24,27). The average molecular weight is 363 g/mol. The highest BCUT2D eigenvalue weighted by molar-refractivity contribution is 6.08. The van der Waals surface area contributed by atoms with Crippen LogP contribution in [0.5, 0.6) is 0 Å². The molecule has 5 rings (SSSR count). The summed E-state index contributed by atoms with van der Waals surface area (Å²) in [4.78, 5) is 36.4. The molecule has 0 unspecified atom stereocenters. The smallest absolute Gasteiger partial charge is 0.254 e. The van der Waals surface area contributed by atoms with Gasteiger partial charge in [0.25, 0.3) is 11.8 Å². The van der Waals surface area contributed by atoms with Crippen molar-refractivity contribution in [2.45, 2.75) is 37.1 Å². The number of aliphatic imine (C=N–C) groups is 1. The number of aromatic nitrogens is 1. The molecule has 2 aliphatic heterocycles. The van der Waals surface area contributed by atoms with E-state index in [0.29, 0.717) is 37.4 Å². The Hall–Kier alpha value is -2.96. The molecule has 3 aliphatic rings. The Morgan fingerprint density at radius 1 is 1.22 bits per heavy atom. The topological polar surface area (TPSA) is 101 Å². The van der Waals surface area contributed by atoms with Crippen LogP contribution in [0.3, 0.4) is 0 Å². The fourth-order valence-electron chi connectivity index (χ4n) is 4.09. The van der Waals surface area contributed by atoms with Gasteiger partial charge in [-0.05, 0) is 37.8 Å². The lowest BCUT2D eigenvalue weighted by Gasteiger charge is -2.35. The fraction of sp³-hybridized carbons (Fsp3) is 0.400. The minimum absolute atomic E-state index is 0.000654. The van der Waals surface area contributed by atoms with Gasteiger partial charge < -0.3 is 10.6 Å². The number of hydrogen-bond acceptors (Lipinski definition) is 5. The molecule has 0 bridgehead atoms. The molecule has 3 N–H and O–H groups in total. The molecule has 1 spiro atoms. The van der Waals surface area contributed by atoms with Crippen LogP contribution in [0.15, 0.2) is 35.3 Å². The normalized spacial score (nSPS) is 21.4. The van der Waals surface area contributed by atoms with Crippen LogP contribution < -0.4 is 11.1 Å². The van der Waals surface area contributed by atoms with E-state index in [1.165, 1.54) is 0 Å². The van der Waals surface area contributed by atoms with Gasteiger partial charge in [-0.3, -0.25) is 19.9 Å². The number of rotatable bonds is 2. The summed E-state index contributed by atoms with van der Waals surface area (Å²) in [6.45, 7) is 0.969. The van der Waals surface area contributed by atoms with Gasteiger partial charge in [0.1, 0.15) is 5.54 Å². The summed E-state index contributed by atoms with van der Waals surface area (Å²) in [6.07, 6.45) is 3.26. The second-order valence-electron chi connectivity index (χ2n) is 7.66. The van der Waals surface area contributed by atoms with Crippen molar-refractivity contribution < 1.29 is 9.59 Å². The number of hydrogen-bond donors (Lipinski definition) is 2. The first-order valence-electron chi connectivity index (χ1n) is 9.41. The van der Waals surface area contributed by atoms with Crippen molar-refractivity contribution in [1.82, 2.24) is 15.2 Å². The molecule has 2 amide bonds. The van der Waals surface area contributed by atoms with E-state index in [0.717, 1.165) is 29.4 Å². The zero-order valence-electron chi connectivity index (χ0n) is 14.9. The van der Waals surface area contributed by atoms with Crippen LogP contribution >= 0.6 is 0 Å². The number of carbonyl (C=O) groups is 2. The quantitative estimate of drug-likeness (QED) is 0.845. The second-order valence-corrected chi connectivity index (χ2v) is 7.66. The molecule has 1 saturated carbocycles. The van der Waals surface area contributed by atoms with Crippen molar-refractivity contribution in [2.24, 2.45) is 10.7 Å². The highest BCUT2D eigenvalue weighted by atomic mass is 16.2. The number of guanidine groups is 1. The first kappa shape index (κ1) is 16.2. The Balaban J connectivity index is 1.44. The van der Waals surface area contributed by atoms with Gasteiger partial charge in [0.05, 0.1) is 11.1 Å². The molecule has 7 heteroatoms. The lowest BCUT2D eigenvalue weighted by Crippen LogP contribution is -2.50. The molecule has 27 heavy (non-hydrogen) atoms. The number of likely N-dealkylation sites (tertiary alicyclic amines) is 1. The van der Waals surface area contributed by atoms with Crippen molar-refractivity contribution in [3.8, 4) is 0 Å². The zero-order chi connectivity index (χ0) is 18.6. The van der Waals surface area contributed by atoms with E-state index in [1.54, 1.807) is 0 Å². The number of nitrogens with two attached hydrogens (primary N) is 1. The number of amides is 2. The van der Waals surface area contributed by atoms with Gasteiger partial charge in [0.2, 0.25) is 0 Å². The monoisotopic (exact) mass is 363 g/mol. The molecular weight excluding hydrogens is 342 g/mol. The number of benzene rings is 1. The second kappa shape index (κ2) is 5.77. The van der Waals surface area contributed by atoms with Gasteiger partial charge in [0.15, 0.2) is 5.96 Å². The molecule has 2 fully saturated rings. The largest absolute Gasteiger partial charge is 0.370 e. The van der Waals surface area contributed by atoms with Crippen molar-refractivity contribution in [3.05, 3.63) is 41.6 Å². The first-order chi connectivity index (χ1) is 13.1. The molecule has 1 aliphatic carbocycles. The maximum absolute atomic E-state index is 13.3. The van der Waals surface area contributed by atoms with Crippen molar-refractivity contribution in [1.29, 1.82) is 0 Å². The van der Waals surface area contributed by atoms with E-state index in [1.807, 2.05) is 35.2 Å². The van der Waals surface area contributed by atoms with Gasteiger partial charge in [-0.25, -0.2) is 4.99 Å². The number of nitrogens with zero attached hydrogens (tertiary/aromatic N) is 3. The van der Waals surface area contributed by atoms with Crippen LogP contribution in [-0.4, -0.2) is 46.3 Å². The molecule has 138 valence electrons. The molecule has 3 heterocycles. The van der Waals surface area contributed by atoms with Crippen LogP contribution in [0, 0.1) is 0 Å². The highest BCUT2D eigenvalue weighted by Crippen LogP contribution is 2.40. The van der Waals surface area contributed by atoms with Gasteiger partial charge in [0, 0.05) is 30.1 Å². The van der Waals surface area contributed by atoms with Gasteiger partial charge in [-0.2, -0.15) is 0 Å². The lowest BCUT2D eigenvalue weighted by molar-refractivity contribution is -0.125. The van der Waals surface area contributed by atoms with E-state index >= 15 is 0 Å². The van der Waals surface area contributed by atoms with Crippen LogP contribution in [0.2, 0.25) is 0 Å². The molecule has 1 saturated heterocycles. The van der Waals surface area contributed by atoms with Gasteiger partial charge in [-0.1, -0.05) is 18.2 Å². The van der Waals surface area contributed by atoms with E-state index in [-0.39, 0.29) is 17.8 Å². The molecule has 0 radical (unpaired) electrons. The fourth-order valence-corrected chi connectivity index (χ4v) is 4.09. The molecule has 1 aromatic heterocycles. The average Bonchev–Trinajstić information content (AvgIpc) is 3.48. The highest BCUT2D eigenvalue weighted by Gasteiger charge is 2.46.